The second-order valence-corrected chi connectivity index (χ2v) is 5.56. The van der Waals surface area contributed by atoms with Crippen LogP contribution in [0.2, 0.25) is 5.02 Å². The number of halogens is 5. The lowest BCUT2D eigenvalue weighted by atomic mass is 10.3. The number of nitrogens with zero attached hydrogens (tertiary/aromatic N) is 1. The van der Waals surface area contributed by atoms with Crippen molar-refractivity contribution in [1.82, 2.24) is 9.97 Å². The molecule has 80 valence electrons. The Morgan fingerprint density at radius 3 is 2.53 bits per heavy atom. The third-order valence-corrected chi connectivity index (χ3v) is 2.60. The van der Waals surface area contributed by atoms with E-state index in [0.29, 0.717) is 11.0 Å². The van der Waals surface area contributed by atoms with E-state index in [1.165, 1.54) is 6.07 Å². The molecule has 1 heterocycles. The highest BCUT2D eigenvalue weighted by Crippen LogP contribution is 2.38. The van der Waals surface area contributed by atoms with Crippen molar-refractivity contribution in [3.63, 3.8) is 0 Å². The molecule has 0 radical (unpaired) electrons. The van der Waals surface area contributed by atoms with Crippen molar-refractivity contribution in [3.05, 3.63) is 28.8 Å². The van der Waals surface area contributed by atoms with Gasteiger partial charge in [0.15, 0.2) is 5.82 Å². The van der Waals surface area contributed by atoms with E-state index in [9.17, 15) is 4.39 Å². The van der Waals surface area contributed by atoms with E-state index in [4.69, 9.17) is 46.4 Å². The summed E-state index contributed by atoms with van der Waals surface area (Å²) < 4.78 is 11.3. The summed E-state index contributed by atoms with van der Waals surface area (Å²) in [5, 5.41) is 0.168. The topological polar surface area (TPSA) is 28.7 Å². The van der Waals surface area contributed by atoms with Crippen LogP contribution >= 0.6 is 46.4 Å². The third kappa shape index (κ3) is 2.16. The first kappa shape index (κ1) is 11.3. The Morgan fingerprint density at radius 1 is 1.27 bits per heavy atom. The Bertz CT molecular complexity index is 517. The lowest BCUT2D eigenvalue weighted by Crippen LogP contribution is -2.02. The second-order valence-electron chi connectivity index (χ2n) is 2.87. The molecule has 0 amide bonds. The molecule has 0 fully saturated rings. The van der Waals surface area contributed by atoms with Crippen molar-refractivity contribution in [2.24, 2.45) is 0 Å². The van der Waals surface area contributed by atoms with Gasteiger partial charge in [0.25, 0.3) is 0 Å². The minimum absolute atomic E-state index is 0.106. The van der Waals surface area contributed by atoms with Gasteiger partial charge in [-0.25, -0.2) is 9.37 Å². The SMILES string of the molecule is Fc1cc(Cl)c2nc(C(Cl)(Cl)Cl)[nH]c2c1. The molecule has 0 aliphatic rings. The Morgan fingerprint density at radius 2 is 1.93 bits per heavy atom. The molecule has 0 atom stereocenters. The number of fused-ring (bicyclic) bond motifs is 1. The van der Waals surface area contributed by atoms with Crippen LogP contribution in [0, 0.1) is 5.82 Å². The summed E-state index contributed by atoms with van der Waals surface area (Å²) in [6, 6.07) is 2.38. The molecule has 15 heavy (non-hydrogen) atoms. The standard InChI is InChI=1S/C8H3Cl4FN2/c9-4-1-3(13)2-5-6(4)15-7(14-5)8(10,11)12/h1-2H,(H,14,15). The molecule has 0 aliphatic carbocycles. The maximum absolute atomic E-state index is 13.0. The number of rotatable bonds is 0. The number of benzene rings is 1. The van der Waals surface area contributed by atoms with Crippen molar-refractivity contribution < 1.29 is 4.39 Å². The first-order valence-electron chi connectivity index (χ1n) is 3.80. The van der Waals surface area contributed by atoms with Gasteiger partial charge in [-0.15, -0.1) is 0 Å². The molecule has 0 unspecified atom stereocenters. The monoisotopic (exact) mass is 286 g/mol. The number of alkyl halides is 3. The summed E-state index contributed by atoms with van der Waals surface area (Å²) in [5.74, 6) is -0.373. The van der Waals surface area contributed by atoms with E-state index in [1.54, 1.807) is 0 Å². The van der Waals surface area contributed by atoms with Crippen LogP contribution in [0.4, 0.5) is 4.39 Å². The molecule has 1 aromatic carbocycles. The quantitative estimate of drug-likeness (QED) is 0.724. The second kappa shape index (κ2) is 3.67. The largest absolute Gasteiger partial charge is 0.338 e. The van der Waals surface area contributed by atoms with E-state index in [2.05, 4.69) is 9.97 Å². The van der Waals surface area contributed by atoms with E-state index >= 15 is 0 Å². The minimum atomic E-state index is -1.68. The van der Waals surface area contributed by atoms with Crippen molar-refractivity contribution in [2.75, 3.05) is 0 Å². The number of hydrogen-bond acceptors (Lipinski definition) is 1. The van der Waals surface area contributed by atoms with Gasteiger partial charge in [0.2, 0.25) is 3.79 Å². The van der Waals surface area contributed by atoms with Crippen molar-refractivity contribution in [3.8, 4) is 0 Å². The van der Waals surface area contributed by atoms with Gasteiger partial charge in [0.05, 0.1) is 10.5 Å². The molecule has 0 saturated carbocycles. The van der Waals surface area contributed by atoms with Gasteiger partial charge in [0.1, 0.15) is 11.3 Å². The highest BCUT2D eigenvalue weighted by Gasteiger charge is 2.27. The zero-order valence-corrected chi connectivity index (χ0v) is 10.0. The Kier molecular flexibility index (Phi) is 2.75. The minimum Gasteiger partial charge on any atom is -0.338 e. The first-order chi connectivity index (χ1) is 6.88. The number of hydrogen-bond donors (Lipinski definition) is 1. The Hall–Kier alpha value is -0.220. The third-order valence-electron chi connectivity index (χ3n) is 1.77. The highest BCUT2D eigenvalue weighted by atomic mass is 35.6. The summed E-state index contributed by atoms with van der Waals surface area (Å²) >= 11 is 22.6. The van der Waals surface area contributed by atoms with Gasteiger partial charge < -0.3 is 4.98 Å². The van der Waals surface area contributed by atoms with Gasteiger partial charge in [-0.05, 0) is 12.1 Å². The first-order valence-corrected chi connectivity index (χ1v) is 5.31. The molecular weight excluding hydrogens is 285 g/mol. The summed E-state index contributed by atoms with van der Waals surface area (Å²) in [4.78, 5) is 6.66. The average molecular weight is 288 g/mol. The lowest BCUT2D eigenvalue weighted by Gasteiger charge is -2.04. The van der Waals surface area contributed by atoms with Crippen LogP contribution in [0.5, 0.6) is 0 Å². The summed E-state index contributed by atoms with van der Waals surface area (Å²) in [7, 11) is 0. The predicted molar refractivity (Wildman–Crippen MR) is 60.3 cm³/mol. The molecule has 0 saturated heterocycles. The number of aromatic amines is 1. The lowest BCUT2D eigenvalue weighted by molar-refractivity contribution is 0.629. The molecule has 2 aromatic rings. The molecule has 1 N–H and O–H groups in total. The number of nitrogens with one attached hydrogen (secondary N) is 1. The molecule has 2 nitrogen and oxygen atoms in total. The Balaban J connectivity index is 2.71. The van der Waals surface area contributed by atoms with Crippen molar-refractivity contribution >= 4 is 57.4 Å². The molecule has 7 heteroatoms. The van der Waals surface area contributed by atoms with E-state index < -0.39 is 9.61 Å². The normalized spacial score (nSPS) is 12.3. The molecular formula is C8H3Cl4FN2. The molecule has 0 bridgehead atoms. The maximum atomic E-state index is 13.0. The van der Waals surface area contributed by atoms with Crippen LogP contribution in [0.3, 0.4) is 0 Å². The van der Waals surface area contributed by atoms with E-state index in [0.717, 1.165) is 6.07 Å². The number of imidazole rings is 1. The van der Waals surface area contributed by atoms with Gasteiger partial charge in [0, 0.05) is 0 Å². The number of H-pyrrole nitrogens is 1. The predicted octanol–water partition coefficient (Wildman–Crippen LogP) is 4.18. The molecule has 0 aliphatic heterocycles. The maximum Gasteiger partial charge on any atom is 0.248 e. The van der Waals surface area contributed by atoms with Gasteiger partial charge in [-0.2, -0.15) is 0 Å². The van der Waals surface area contributed by atoms with Crippen molar-refractivity contribution in [2.45, 2.75) is 3.79 Å². The molecule has 0 spiro atoms. The molecule has 2 rings (SSSR count). The summed E-state index contributed by atoms with van der Waals surface area (Å²) in [6.07, 6.45) is 0. The fourth-order valence-corrected chi connectivity index (χ4v) is 1.69. The van der Waals surface area contributed by atoms with Gasteiger partial charge in [-0.1, -0.05) is 46.4 Å². The fourth-order valence-electron chi connectivity index (χ4n) is 1.18. The zero-order chi connectivity index (χ0) is 11.2. The highest BCUT2D eigenvalue weighted by molar-refractivity contribution is 6.66. The van der Waals surface area contributed by atoms with Crippen LogP contribution in [-0.4, -0.2) is 9.97 Å². The average Bonchev–Trinajstić information content (AvgIpc) is 2.46. The van der Waals surface area contributed by atoms with Crippen molar-refractivity contribution in [1.29, 1.82) is 0 Å². The van der Waals surface area contributed by atoms with Gasteiger partial charge in [-0.3, -0.25) is 0 Å². The van der Waals surface area contributed by atoms with Crippen LogP contribution in [0.1, 0.15) is 5.82 Å². The summed E-state index contributed by atoms with van der Waals surface area (Å²) in [6.45, 7) is 0. The van der Waals surface area contributed by atoms with Crippen LogP contribution < -0.4 is 0 Å². The van der Waals surface area contributed by atoms with E-state index in [-0.39, 0.29) is 10.8 Å². The summed E-state index contributed by atoms with van der Waals surface area (Å²) in [5.41, 5.74) is 0.765. The Labute approximate surface area is 104 Å². The van der Waals surface area contributed by atoms with Crippen LogP contribution in [0.25, 0.3) is 11.0 Å². The smallest absolute Gasteiger partial charge is 0.248 e. The van der Waals surface area contributed by atoms with E-state index in [1.807, 2.05) is 0 Å². The zero-order valence-electron chi connectivity index (χ0n) is 6.99. The van der Waals surface area contributed by atoms with Crippen LogP contribution in [0.15, 0.2) is 12.1 Å². The fraction of sp³-hybridized carbons (Fsp3) is 0.125. The van der Waals surface area contributed by atoms with Crippen LogP contribution in [-0.2, 0) is 3.79 Å². The molecule has 1 aromatic heterocycles. The van der Waals surface area contributed by atoms with Gasteiger partial charge >= 0.3 is 0 Å². The number of aromatic nitrogens is 2.